The number of halogens is 3. The van der Waals surface area contributed by atoms with Gasteiger partial charge in [0.05, 0.1) is 11.3 Å². The fraction of sp³-hybridized carbons (Fsp3) is 0.208. The highest BCUT2D eigenvalue weighted by Gasteiger charge is 2.24. The van der Waals surface area contributed by atoms with Crippen molar-refractivity contribution in [2.24, 2.45) is 0 Å². The fourth-order valence-corrected chi connectivity index (χ4v) is 3.22. The second kappa shape index (κ2) is 8.82. The minimum Gasteiger partial charge on any atom is -0.349 e. The third kappa shape index (κ3) is 4.64. The average Bonchev–Trinajstić information content (AvgIpc) is 3.60. The van der Waals surface area contributed by atoms with E-state index in [0.717, 1.165) is 18.9 Å². The van der Waals surface area contributed by atoms with E-state index in [1.165, 1.54) is 30.5 Å². The molecular formula is C24H20F3N3O2. The number of aromatic nitrogens is 1. The summed E-state index contributed by atoms with van der Waals surface area (Å²) in [6.07, 6.45) is 3.15. The van der Waals surface area contributed by atoms with Crippen molar-refractivity contribution in [3.63, 3.8) is 0 Å². The Labute approximate surface area is 182 Å². The van der Waals surface area contributed by atoms with Crippen LogP contribution in [0.2, 0.25) is 0 Å². The van der Waals surface area contributed by atoms with Gasteiger partial charge in [-0.25, -0.2) is 13.2 Å². The molecule has 0 spiro atoms. The normalized spacial score (nSPS) is 13.0. The molecule has 1 saturated carbocycles. The van der Waals surface area contributed by atoms with Crippen LogP contribution in [0.3, 0.4) is 0 Å². The Hall–Kier alpha value is -3.68. The predicted octanol–water partition coefficient (Wildman–Crippen LogP) is 4.30. The molecule has 3 aromatic rings. The third-order valence-electron chi connectivity index (χ3n) is 5.29. The van der Waals surface area contributed by atoms with E-state index in [0.29, 0.717) is 16.8 Å². The van der Waals surface area contributed by atoms with Crippen molar-refractivity contribution in [3.05, 3.63) is 88.4 Å². The number of carbonyl (C=O) groups is 2. The van der Waals surface area contributed by atoms with Gasteiger partial charge in [0.1, 0.15) is 5.82 Å². The number of hydrogen-bond acceptors (Lipinski definition) is 3. The van der Waals surface area contributed by atoms with Crippen LogP contribution in [0, 0.1) is 24.4 Å². The zero-order chi connectivity index (χ0) is 22.8. The quantitative estimate of drug-likeness (QED) is 0.602. The number of nitrogens with one attached hydrogen (secondary N) is 2. The van der Waals surface area contributed by atoms with E-state index in [-0.39, 0.29) is 35.2 Å². The molecule has 1 aromatic heterocycles. The van der Waals surface area contributed by atoms with Crippen LogP contribution in [0.5, 0.6) is 0 Å². The molecule has 1 heterocycles. The van der Waals surface area contributed by atoms with Gasteiger partial charge in [-0.05, 0) is 55.7 Å². The second-order valence-corrected chi connectivity index (χ2v) is 7.71. The molecule has 32 heavy (non-hydrogen) atoms. The van der Waals surface area contributed by atoms with Crippen LogP contribution in [0.15, 0.2) is 48.7 Å². The molecule has 2 N–H and O–H groups in total. The summed E-state index contributed by atoms with van der Waals surface area (Å²) in [5.41, 5.74) is 1.60. The van der Waals surface area contributed by atoms with Gasteiger partial charge in [-0.1, -0.05) is 12.1 Å². The molecule has 0 atom stereocenters. The highest BCUT2D eigenvalue weighted by atomic mass is 19.2. The number of pyridine rings is 1. The molecule has 1 fully saturated rings. The lowest BCUT2D eigenvalue weighted by molar-refractivity contribution is 0.0942. The first-order valence-electron chi connectivity index (χ1n) is 10.1. The molecule has 0 bridgehead atoms. The van der Waals surface area contributed by atoms with E-state index in [9.17, 15) is 22.8 Å². The maximum Gasteiger partial charge on any atom is 0.253 e. The predicted molar refractivity (Wildman–Crippen MR) is 112 cm³/mol. The van der Waals surface area contributed by atoms with Crippen LogP contribution in [0.25, 0.3) is 11.3 Å². The molecule has 1 aliphatic rings. The first kappa shape index (κ1) is 21.5. The number of amides is 2. The lowest BCUT2D eigenvalue weighted by Crippen LogP contribution is -2.25. The smallest absolute Gasteiger partial charge is 0.253 e. The summed E-state index contributed by atoms with van der Waals surface area (Å²) in [5.74, 6) is -3.38. The summed E-state index contributed by atoms with van der Waals surface area (Å²) < 4.78 is 41.5. The number of hydrogen-bond donors (Lipinski definition) is 2. The van der Waals surface area contributed by atoms with E-state index in [4.69, 9.17) is 0 Å². The summed E-state index contributed by atoms with van der Waals surface area (Å²) >= 11 is 0. The molecule has 164 valence electrons. The molecule has 0 aliphatic heterocycles. The lowest BCUT2D eigenvalue weighted by Gasteiger charge is -2.11. The Morgan fingerprint density at radius 3 is 2.47 bits per heavy atom. The number of nitrogens with zero attached hydrogens (tertiary/aromatic N) is 1. The van der Waals surface area contributed by atoms with Gasteiger partial charge >= 0.3 is 0 Å². The molecule has 0 saturated heterocycles. The van der Waals surface area contributed by atoms with Gasteiger partial charge in [0, 0.05) is 35.5 Å². The largest absolute Gasteiger partial charge is 0.349 e. The molecule has 0 unspecified atom stereocenters. The van der Waals surface area contributed by atoms with Crippen LogP contribution in [-0.2, 0) is 6.54 Å². The highest BCUT2D eigenvalue weighted by molar-refractivity contribution is 5.96. The van der Waals surface area contributed by atoms with E-state index in [2.05, 4.69) is 15.6 Å². The van der Waals surface area contributed by atoms with Gasteiger partial charge in [-0.2, -0.15) is 0 Å². The fourth-order valence-electron chi connectivity index (χ4n) is 3.22. The maximum atomic E-state index is 14.4. The molecule has 0 radical (unpaired) electrons. The topological polar surface area (TPSA) is 71.1 Å². The molecule has 1 aliphatic carbocycles. The Morgan fingerprint density at radius 1 is 1.00 bits per heavy atom. The second-order valence-electron chi connectivity index (χ2n) is 7.71. The van der Waals surface area contributed by atoms with Gasteiger partial charge in [0.15, 0.2) is 11.6 Å². The summed E-state index contributed by atoms with van der Waals surface area (Å²) in [6, 6.07) is 9.69. The number of rotatable bonds is 6. The van der Waals surface area contributed by atoms with Crippen molar-refractivity contribution in [3.8, 4) is 11.3 Å². The number of carbonyl (C=O) groups excluding carboxylic acids is 2. The minimum absolute atomic E-state index is 0.0234. The van der Waals surface area contributed by atoms with Crippen molar-refractivity contribution in [2.75, 3.05) is 0 Å². The van der Waals surface area contributed by atoms with Crippen LogP contribution in [-0.4, -0.2) is 22.8 Å². The average molecular weight is 439 g/mol. The van der Waals surface area contributed by atoms with Gasteiger partial charge in [-0.15, -0.1) is 0 Å². The van der Waals surface area contributed by atoms with Crippen LogP contribution < -0.4 is 10.6 Å². The molecule has 4 rings (SSSR count). The van der Waals surface area contributed by atoms with Gasteiger partial charge in [0.25, 0.3) is 11.8 Å². The van der Waals surface area contributed by atoms with Gasteiger partial charge in [0.2, 0.25) is 0 Å². The Balaban J connectivity index is 1.50. The molecule has 8 heteroatoms. The van der Waals surface area contributed by atoms with Crippen molar-refractivity contribution < 1.29 is 22.8 Å². The van der Waals surface area contributed by atoms with E-state index in [1.54, 1.807) is 19.1 Å². The SMILES string of the molecule is Cc1c(F)cc(C(=O)NC2CC2)cc1-c1ccc(C(=O)NCc2cccc(F)c2F)cn1. The van der Waals surface area contributed by atoms with Gasteiger partial charge in [-0.3, -0.25) is 14.6 Å². The minimum atomic E-state index is -1.01. The van der Waals surface area contributed by atoms with Gasteiger partial charge < -0.3 is 10.6 Å². The molecule has 2 aromatic carbocycles. The van der Waals surface area contributed by atoms with Crippen molar-refractivity contribution in [1.82, 2.24) is 15.6 Å². The maximum absolute atomic E-state index is 14.4. The van der Waals surface area contributed by atoms with Crippen molar-refractivity contribution in [1.29, 1.82) is 0 Å². The Bertz CT molecular complexity index is 1190. The third-order valence-corrected chi connectivity index (χ3v) is 5.29. The van der Waals surface area contributed by atoms with Crippen LogP contribution in [0.1, 0.15) is 44.7 Å². The lowest BCUT2D eigenvalue weighted by atomic mass is 10.00. The first-order valence-corrected chi connectivity index (χ1v) is 10.1. The molecular weight excluding hydrogens is 419 g/mol. The monoisotopic (exact) mass is 439 g/mol. The zero-order valence-corrected chi connectivity index (χ0v) is 17.2. The highest BCUT2D eigenvalue weighted by Crippen LogP contribution is 2.27. The zero-order valence-electron chi connectivity index (χ0n) is 17.2. The summed E-state index contributed by atoms with van der Waals surface area (Å²) in [6.45, 7) is 1.40. The molecule has 5 nitrogen and oxygen atoms in total. The van der Waals surface area contributed by atoms with Crippen molar-refractivity contribution in [2.45, 2.75) is 32.4 Å². The molecule has 2 amide bonds. The van der Waals surface area contributed by atoms with Crippen LogP contribution in [0.4, 0.5) is 13.2 Å². The van der Waals surface area contributed by atoms with Crippen molar-refractivity contribution >= 4 is 11.8 Å². The van der Waals surface area contributed by atoms with E-state index < -0.39 is 23.4 Å². The van der Waals surface area contributed by atoms with E-state index >= 15 is 0 Å². The summed E-state index contributed by atoms with van der Waals surface area (Å²) in [4.78, 5) is 28.9. The first-order chi connectivity index (χ1) is 15.3. The summed E-state index contributed by atoms with van der Waals surface area (Å²) in [7, 11) is 0. The Kier molecular flexibility index (Phi) is 5.94. The Morgan fingerprint density at radius 2 is 1.78 bits per heavy atom. The van der Waals surface area contributed by atoms with Crippen LogP contribution >= 0.6 is 0 Å². The van der Waals surface area contributed by atoms with E-state index in [1.807, 2.05) is 0 Å². The standard InChI is InChI=1S/C24H20F3N3O2/c1-13-18(9-16(10-20(13)26)24(32)30-17-6-7-17)21-8-5-15(12-28-21)23(31)29-11-14-3-2-4-19(25)22(14)27/h2-5,8-10,12,17H,6-7,11H2,1H3,(H,29,31)(H,30,32). The number of benzene rings is 2. The summed E-state index contributed by atoms with van der Waals surface area (Å²) in [5, 5.41) is 5.34.